The van der Waals surface area contributed by atoms with E-state index in [2.05, 4.69) is 25.7 Å². The molecular formula is C19H18N6O2. The number of rotatable bonds is 5. The van der Waals surface area contributed by atoms with E-state index in [0.717, 1.165) is 27.6 Å². The maximum absolute atomic E-state index is 9.74. The van der Waals surface area contributed by atoms with Crippen LogP contribution < -0.4 is 10.2 Å². The Morgan fingerprint density at radius 1 is 1.22 bits per heavy atom. The zero-order valence-electron chi connectivity index (χ0n) is 14.9. The number of para-hydroxylation sites is 1. The second-order valence-corrected chi connectivity index (χ2v) is 5.91. The molecule has 0 unspecified atom stereocenters. The summed E-state index contributed by atoms with van der Waals surface area (Å²) in [6.45, 7) is 2.33. The molecule has 0 aliphatic carbocycles. The van der Waals surface area contributed by atoms with Crippen molar-refractivity contribution in [3.63, 3.8) is 0 Å². The Kier molecular flexibility index (Phi) is 4.29. The van der Waals surface area contributed by atoms with Gasteiger partial charge in [-0.2, -0.15) is 10.1 Å². The van der Waals surface area contributed by atoms with Gasteiger partial charge in [0.15, 0.2) is 17.1 Å². The molecule has 0 radical (unpaired) electrons. The number of nitrogens with one attached hydrogen (secondary N) is 1. The Morgan fingerprint density at radius 2 is 2.07 bits per heavy atom. The molecule has 2 aromatic heterocycles. The van der Waals surface area contributed by atoms with Crippen molar-refractivity contribution in [1.29, 1.82) is 0 Å². The van der Waals surface area contributed by atoms with Crippen LogP contribution in [0.2, 0.25) is 0 Å². The summed E-state index contributed by atoms with van der Waals surface area (Å²) in [5, 5.41) is 23.3. The molecule has 0 aliphatic rings. The Balaban J connectivity index is 1.59. The molecule has 4 aromatic rings. The normalized spacial score (nSPS) is 11.5. The van der Waals surface area contributed by atoms with Crippen molar-refractivity contribution in [2.24, 2.45) is 12.1 Å². The van der Waals surface area contributed by atoms with Crippen LogP contribution in [0.25, 0.3) is 22.1 Å². The summed E-state index contributed by atoms with van der Waals surface area (Å²) in [6, 6.07) is 13.0. The summed E-state index contributed by atoms with van der Waals surface area (Å²) in [5.74, 6) is 0.806. The number of aromatic nitrogens is 4. The molecular weight excluding hydrogens is 344 g/mol. The second kappa shape index (κ2) is 6.91. The molecule has 2 aromatic carbocycles. The number of benzene rings is 2. The number of anilines is 1. The van der Waals surface area contributed by atoms with Crippen LogP contribution in [0.4, 0.5) is 5.95 Å². The van der Waals surface area contributed by atoms with Crippen molar-refractivity contribution in [2.75, 3.05) is 12.0 Å². The molecule has 4 rings (SSSR count). The summed E-state index contributed by atoms with van der Waals surface area (Å²) >= 11 is 0. The molecule has 27 heavy (non-hydrogen) atoms. The van der Waals surface area contributed by atoms with Gasteiger partial charge >= 0.3 is 0 Å². The predicted octanol–water partition coefficient (Wildman–Crippen LogP) is 3.07. The van der Waals surface area contributed by atoms with E-state index in [-0.39, 0.29) is 5.75 Å². The molecule has 0 saturated heterocycles. The first-order chi connectivity index (χ1) is 13.2. The average molecular weight is 362 g/mol. The van der Waals surface area contributed by atoms with Crippen LogP contribution in [-0.4, -0.2) is 37.7 Å². The Morgan fingerprint density at radius 3 is 2.93 bits per heavy atom. The fraction of sp³-hybridized carbons (Fsp3) is 0.158. The Bertz CT molecular complexity index is 1150. The molecule has 2 heterocycles. The molecule has 136 valence electrons. The quantitative estimate of drug-likeness (QED) is 0.418. The van der Waals surface area contributed by atoms with E-state index in [1.54, 1.807) is 24.4 Å². The molecule has 0 amide bonds. The molecule has 8 nitrogen and oxygen atoms in total. The number of ether oxygens (including phenoxy) is 1. The van der Waals surface area contributed by atoms with Gasteiger partial charge in [-0.1, -0.05) is 18.2 Å². The first kappa shape index (κ1) is 16.8. The van der Waals surface area contributed by atoms with E-state index in [0.29, 0.717) is 18.3 Å². The molecule has 0 spiro atoms. The number of fused-ring (bicyclic) bond motifs is 3. The molecule has 8 heteroatoms. The highest BCUT2D eigenvalue weighted by atomic mass is 16.5. The van der Waals surface area contributed by atoms with Gasteiger partial charge in [-0.25, -0.2) is 5.43 Å². The summed E-state index contributed by atoms with van der Waals surface area (Å²) in [4.78, 5) is 4.50. The third-order valence-corrected chi connectivity index (χ3v) is 4.17. The van der Waals surface area contributed by atoms with Crippen LogP contribution in [0, 0.1) is 0 Å². The molecule has 0 fully saturated rings. The lowest BCUT2D eigenvalue weighted by molar-refractivity contribution is 0.318. The lowest BCUT2D eigenvalue weighted by Gasteiger charge is -2.06. The maximum atomic E-state index is 9.74. The minimum atomic E-state index is 0.0933. The summed E-state index contributed by atoms with van der Waals surface area (Å²) in [7, 11) is 1.94. The van der Waals surface area contributed by atoms with Crippen molar-refractivity contribution in [1.82, 2.24) is 19.7 Å². The van der Waals surface area contributed by atoms with Gasteiger partial charge in [-0.05, 0) is 36.8 Å². The third-order valence-electron chi connectivity index (χ3n) is 4.17. The smallest absolute Gasteiger partial charge is 0.265 e. The zero-order chi connectivity index (χ0) is 18.8. The fourth-order valence-corrected chi connectivity index (χ4v) is 2.90. The van der Waals surface area contributed by atoms with E-state index in [9.17, 15) is 5.11 Å². The maximum Gasteiger partial charge on any atom is 0.265 e. The number of phenolic OH excluding ortho intramolecular Hbond substituents is 1. The van der Waals surface area contributed by atoms with Crippen molar-refractivity contribution in [3.8, 4) is 11.5 Å². The first-order valence-electron chi connectivity index (χ1n) is 8.50. The van der Waals surface area contributed by atoms with Gasteiger partial charge in [0.05, 0.1) is 18.3 Å². The molecule has 0 saturated carbocycles. The Hall–Kier alpha value is -3.68. The summed E-state index contributed by atoms with van der Waals surface area (Å²) < 4.78 is 7.34. The highest BCUT2D eigenvalue weighted by Gasteiger charge is 2.11. The zero-order valence-corrected chi connectivity index (χ0v) is 14.9. The first-order valence-corrected chi connectivity index (χ1v) is 8.50. The third kappa shape index (κ3) is 3.12. The van der Waals surface area contributed by atoms with Crippen LogP contribution in [0.3, 0.4) is 0 Å². The lowest BCUT2D eigenvalue weighted by Crippen LogP contribution is -2.01. The highest BCUT2D eigenvalue weighted by molar-refractivity contribution is 6.04. The van der Waals surface area contributed by atoms with Gasteiger partial charge in [0.1, 0.15) is 5.52 Å². The van der Waals surface area contributed by atoms with Gasteiger partial charge in [0.2, 0.25) is 0 Å². The number of hydrogen-bond acceptors (Lipinski definition) is 7. The van der Waals surface area contributed by atoms with E-state index >= 15 is 0 Å². The largest absolute Gasteiger partial charge is 0.504 e. The monoisotopic (exact) mass is 362 g/mol. The van der Waals surface area contributed by atoms with E-state index in [4.69, 9.17) is 4.74 Å². The SMILES string of the molecule is CCOc1cc(/C=N/Nc2nnc3c4ccccc4n(C)c3n2)ccc1O. The van der Waals surface area contributed by atoms with E-state index < -0.39 is 0 Å². The van der Waals surface area contributed by atoms with Crippen molar-refractivity contribution < 1.29 is 9.84 Å². The van der Waals surface area contributed by atoms with Crippen molar-refractivity contribution in [2.45, 2.75) is 6.92 Å². The molecule has 2 N–H and O–H groups in total. The van der Waals surface area contributed by atoms with Crippen molar-refractivity contribution >= 4 is 34.2 Å². The molecule has 0 aliphatic heterocycles. The van der Waals surface area contributed by atoms with Crippen LogP contribution in [0.1, 0.15) is 12.5 Å². The lowest BCUT2D eigenvalue weighted by atomic mass is 10.2. The van der Waals surface area contributed by atoms with Gasteiger partial charge < -0.3 is 14.4 Å². The predicted molar refractivity (Wildman–Crippen MR) is 104 cm³/mol. The van der Waals surface area contributed by atoms with Gasteiger partial charge in [-0.15, -0.1) is 10.2 Å². The topological polar surface area (TPSA) is 97.5 Å². The second-order valence-electron chi connectivity index (χ2n) is 5.91. The van der Waals surface area contributed by atoms with Crippen molar-refractivity contribution in [3.05, 3.63) is 48.0 Å². The number of hydrazone groups is 1. The number of hydrogen-bond donors (Lipinski definition) is 2. The molecule has 0 atom stereocenters. The van der Waals surface area contributed by atoms with Crippen LogP contribution >= 0.6 is 0 Å². The standard InChI is InChI=1S/C19H18N6O2/c1-3-27-16-10-12(8-9-15(16)26)11-20-23-19-21-18-17(22-24-19)13-6-4-5-7-14(13)25(18)2/h4-11,26H,3H2,1-2H3,(H,21,23,24)/b20-11+. The van der Waals surface area contributed by atoms with Gasteiger partial charge in [0.25, 0.3) is 5.95 Å². The number of aryl methyl sites for hydroxylation is 1. The van der Waals surface area contributed by atoms with Crippen LogP contribution in [0.5, 0.6) is 11.5 Å². The summed E-state index contributed by atoms with van der Waals surface area (Å²) in [6.07, 6.45) is 1.59. The highest BCUT2D eigenvalue weighted by Crippen LogP contribution is 2.26. The molecule has 0 bridgehead atoms. The van der Waals surface area contributed by atoms with Gasteiger partial charge in [-0.3, -0.25) is 0 Å². The van der Waals surface area contributed by atoms with Crippen LogP contribution in [-0.2, 0) is 7.05 Å². The minimum absolute atomic E-state index is 0.0933. The fourth-order valence-electron chi connectivity index (χ4n) is 2.90. The minimum Gasteiger partial charge on any atom is -0.504 e. The number of nitrogens with zero attached hydrogens (tertiary/aromatic N) is 5. The Labute approximate surface area is 155 Å². The summed E-state index contributed by atoms with van der Waals surface area (Å²) in [5.41, 5.74) is 6.08. The van der Waals surface area contributed by atoms with Crippen LogP contribution in [0.15, 0.2) is 47.6 Å². The average Bonchev–Trinajstić information content (AvgIpc) is 2.97. The van der Waals surface area contributed by atoms with Gasteiger partial charge in [0, 0.05) is 12.4 Å². The number of aromatic hydroxyl groups is 1. The van der Waals surface area contributed by atoms with E-state index in [1.807, 2.05) is 42.8 Å². The number of phenols is 1. The van der Waals surface area contributed by atoms with E-state index in [1.165, 1.54) is 0 Å².